The maximum atomic E-state index is 12.6. The van der Waals surface area contributed by atoms with Gasteiger partial charge in [-0.2, -0.15) is 15.5 Å². The average molecular weight is 441 g/mol. The van der Waals surface area contributed by atoms with Gasteiger partial charge in [-0.25, -0.2) is 5.10 Å². The molecule has 5 rings (SSSR count). The van der Waals surface area contributed by atoms with E-state index < -0.39 is 0 Å². The first-order valence-electron chi connectivity index (χ1n) is 11.0. The van der Waals surface area contributed by atoms with Gasteiger partial charge in [0.15, 0.2) is 0 Å². The van der Waals surface area contributed by atoms with Gasteiger partial charge < -0.3 is 10.5 Å². The smallest absolute Gasteiger partial charge is 0.272 e. The van der Waals surface area contributed by atoms with E-state index in [4.69, 9.17) is 10.5 Å². The number of nitriles is 1. The van der Waals surface area contributed by atoms with Gasteiger partial charge in [0, 0.05) is 30.1 Å². The molecule has 1 fully saturated rings. The second kappa shape index (κ2) is 8.19. The van der Waals surface area contributed by atoms with Crippen molar-refractivity contribution in [3.05, 3.63) is 63.7 Å². The van der Waals surface area contributed by atoms with Crippen molar-refractivity contribution in [3.63, 3.8) is 0 Å². The lowest BCUT2D eigenvalue weighted by Crippen LogP contribution is -2.15. The molecule has 0 amide bonds. The highest BCUT2D eigenvalue weighted by atomic mass is 16.5. The quantitative estimate of drug-likeness (QED) is 0.474. The Morgan fingerprint density at radius 1 is 1.30 bits per heavy atom. The highest BCUT2D eigenvalue weighted by molar-refractivity contribution is 5.94. The van der Waals surface area contributed by atoms with Gasteiger partial charge >= 0.3 is 0 Å². The van der Waals surface area contributed by atoms with Crippen LogP contribution < -0.4 is 16.0 Å². The van der Waals surface area contributed by atoms with Crippen LogP contribution in [0.25, 0.3) is 33.2 Å². The molecule has 166 valence electrons. The zero-order chi connectivity index (χ0) is 23.1. The Morgan fingerprint density at radius 2 is 2.12 bits per heavy atom. The third kappa shape index (κ3) is 3.56. The first-order valence-corrected chi connectivity index (χ1v) is 11.0. The number of rotatable bonds is 6. The molecule has 0 bridgehead atoms. The molecule has 0 saturated heterocycles. The lowest BCUT2D eigenvalue weighted by Gasteiger charge is -2.14. The van der Waals surface area contributed by atoms with Crippen LogP contribution in [0, 0.1) is 11.3 Å². The number of nitrogens with one attached hydrogen (secondary N) is 1. The van der Waals surface area contributed by atoms with Gasteiger partial charge in [0.05, 0.1) is 29.1 Å². The van der Waals surface area contributed by atoms with Crippen LogP contribution in [0.1, 0.15) is 36.6 Å². The van der Waals surface area contributed by atoms with Crippen LogP contribution in [0.2, 0.25) is 0 Å². The maximum Gasteiger partial charge on any atom is 0.272 e. The fraction of sp³-hybridized carbons (Fsp3) is 0.280. The van der Waals surface area contributed by atoms with Crippen molar-refractivity contribution in [1.29, 1.82) is 5.26 Å². The molecule has 0 spiro atoms. The van der Waals surface area contributed by atoms with Crippen molar-refractivity contribution in [2.75, 3.05) is 0 Å². The molecule has 0 radical (unpaired) electrons. The van der Waals surface area contributed by atoms with Crippen LogP contribution in [0.15, 0.2) is 41.3 Å². The van der Waals surface area contributed by atoms with Gasteiger partial charge in [0.1, 0.15) is 17.4 Å². The van der Waals surface area contributed by atoms with Gasteiger partial charge in [-0.1, -0.05) is 25.1 Å². The van der Waals surface area contributed by atoms with E-state index in [9.17, 15) is 10.1 Å². The predicted octanol–water partition coefficient (Wildman–Crippen LogP) is 3.42. The maximum absolute atomic E-state index is 12.6. The monoisotopic (exact) mass is 440 g/mol. The summed E-state index contributed by atoms with van der Waals surface area (Å²) in [6, 6.07) is 11.9. The molecule has 8 nitrogen and oxygen atoms in total. The van der Waals surface area contributed by atoms with E-state index in [1.165, 1.54) is 0 Å². The minimum Gasteiger partial charge on any atom is -0.489 e. The second-order valence-electron chi connectivity index (χ2n) is 8.25. The molecule has 0 atom stereocenters. The summed E-state index contributed by atoms with van der Waals surface area (Å²) in [5, 5.41) is 22.5. The van der Waals surface area contributed by atoms with Gasteiger partial charge in [-0.15, -0.1) is 0 Å². The molecule has 0 aliphatic heterocycles. The Morgan fingerprint density at radius 3 is 2.82 bits per heavy atom. The van der Waals surface area contributed by atoms with Gasteiger partial charge in [0.2, 0.25) is 0 Å². The molecule has 0 unspecified atom stereocenters. The summed E-state index contributed by atoms with van der Waals surface area (Å²) in [5.41, 5.74) is 11.0. The topological polar surface area (TPSA) is 123 Å². The van der Waals surface area contributed by atoms with E-state index in [1.54, 1.807) is 10.9 Å². The van der Waals surface area contributed by atoms with Crippen molar-refractivity contribution in [1.82, 2.24) is 20.0 Å². The zero-order valence-corrected chi connectivity index (χ0v) is 18.6. The average Bonchev–Trinajstić information content (AvgIpc) is 3.57. The van der Waals surface area contributed by atoms with E-state index in [2.05, 4.69) is 21.4 Å². The van der Waals surface area contributed by atoms with Crippen LogP contribution in [0.4, 0.5) is 0 Å². The molecule has 4 aromatic rings. The number of hydrogen-bond acceptors (Lipinski definition) is 6. The number of aromatic amines is 1. The lowest BCUT2D eigenvalue weighted by atomic mass is 9.93. The Balaban J connectivity index is 1.75. The highest BCUT2D eigenvalue weighted by Gasteiger charge is 2.26. The number of fused-ring (bicyclic) bond motifs is 1. The first-order chi connectivity index (χ1) is 16.0. The lowest BCUT2D eigenvalue weighted by molar-refractivity contribution is 0.302. The number of ether oxygens (including phenoxy) is 1. The van der Waals surface area contributed by atoms with Crippen LogP contribution in [-0.4, -0.2) is 26.1 Å². The molecule has 8 heteroatoms. The third-order valence-corrected chi connectivity index (χ3v) is 6.09. The summed E-state index contributed by atoms with van der Waals surface area (Å²) in [4.78, 5) is 12.6. The Labute approximate surface area is 190 Å². The molecule has 3 N–H and O–H groups in total. The highest BCUT2D eigenvalue weighted by Crippen LogP contribution is 2.39. The minimum absolute atomic E-state index is 0.186. The van der Waals surface area contributed by atoms with Crippen LogP contribution in [0.3, 0.4) is 0 Å². The third-order valence-electron chi connectivity index (χ3n) is 6.09. The second-order valence-corrected chi connectivity index (χ2v) is 8.25. The van der Waals surface area contributed by atoms with E-state index in [1.807, 2.05) is 44.3 Å². The molecular formula is C25H24N6O2. The number of benzene rings is 2. The van der Waals surface area contributed by atoms with E-state index in [-0.39, 0.29) is 18.2 Å². The number of nitrogens with zero attached hydrogens (tertiary/aromatic N) is 4. The van der Waals surface area contributed by atoms with Crippen molar-refractivity contribution in [2.24, 2.45) is 12.8 Å². The Bertz CT molecular complexity index is 1470. The summed E-state index contributed by atoms with van der Waals surface area (Å²) < 4.78 is 7.76. The van der Waals surface area contributed by atoms with Gasteiger partial charge in [0.25, 0.3) is 5.56 Å². The summed E-state index contributed by atoms with van der Waals surface area (Å²) in [5.74, 6) is 0.596. The summed E-state index contributed by atoms with van der Waals surface area (Å²) in [7, 11) is 1.85. The number of H-pyrrole nitrogens is 1. The van der Waals surface area contributed by atoms with Crippen molar-refractivity contribution < 1.29 is 4.74 Å². The van der Waals surface area contributed by atoms with Crippen LogP contribution in [-0.2, 0) is 20.0 Å². The van der Waals surface area contributed by atoms with Crippen molar-refractivity contribution in [3.8, 4) is 34.2 Å². The fourth-order valence-electron chi connectivity index (χ4n) is 4.30. The number of aryl methyl sites for hydroxylation is 2. The summed E-state index contributed by atoms with van der Waals surface area (Å²) >= 11 is 0. The molecule has 1 aliphatic rings. The number of nitrogens with two attached hydrogens (primary N) is 1. The number of hydrogen-bond donors (Lipinski definition) is 2. The molecule has 2 aromatic heterocycles. The fourth-order valence-corrected chi connectivity index (χ4v) is 4.30. The molecule has 1 aliphatic carbocycles. The molecule has 2 aromatic carbocycles. The zero-order valence-electron chi connectivity index (χ0n) is 18.6. The van der Waals surface area contributed by atoms with E-state index in [0.717, 1.165) is 46.2 Å². The normalized spacial score (nSPS) is 13.3. The predicted molar refractivity (Wildman–Crippen MR) is 126 cm³/mol. The van der Waals surface area contributed by atoms with Crippen LogP contribution in [0.5, 0.6) is 5.75 Å². The molecule has 33 heavy (non-hydrogen) atoms. The largest absolute Gasteiger partial charge is 0.489 e. The molecule has 2 heterocycles. The van der Waals surface area contributed by atoms with Gasteiger partial charge in [-0.3, -0.25) is 9.48 Å². The standard InChI is InChI=1S/C25H24N6O2/c1-3-14-9-15(10-18-21(12-27)29-30-25(32)23(14)18)20-13-28-31(2)24(20)17-5-4-6-22(19(17)11-26)33-16-7-8-16/h4-6,9-10,13,16H,3,7-8,12,27H2,1-2H3,(H,30,32). The first kappa shape index (κ1) is 20.9. The van der Waals surface area contributed by atoms with E-state index >= 15 is 0 Å². The van der Waals surface area contributed by atoms with E-state index in [0.29, 0.717) is 28.8 Å². The molecule has 1 saturated carbocycles. The Hall–Kier alpha value is -3.96. The minimum atomic E-state index is -0.228. The summed E-state index contributed by atoms with van der Waals surface area (Å²) in [6.07, 6.45) is 4.67. The Kier molecular flexibility index (Phi) is 5.19. The van der Waals surface area contributed by atoms with Crippen molar-refractivity contribution >= 4 is 10.8 Å². The van der Waals surface area contributed by atoms with Crippen molar-refractivity contribution in [2.45, 2.75) is 38.8 Å². The SMILES string of the molecule is CCc1cc(-c2cnn(C)c2-c2cccc(OC3CC3)c2C#N)cc2c(CN)n[nH]c(=O)c12. The summed E-state index contributed by atoms with van der Waals surface area (Å²) in [6.45, 7) is 2.22. The van der Waals surface area contributed by atoms with Crippen LogP contribution >= 0.6 is 0 Å². The van der Waals surface area contributed by atoms with Gasteiger partial charge in [-0.05, 0) is 42.5 Å². The molecular weight excluding hydrogens is 416 g/mol. The number of aromatic nitrogens is 4.